The molecule has 5 saturated carbocycles. The van der Waals surface area contributed by atoms with Gasteiger partial charge in [0.1, 0.15) is 22.5 Å². The van der Waals surface area contributed by atoms with E-state index >= 15 is 0 Å². The summed E-state index contributed by atoms with van der Waals surface area (Å²) in [5.41, 5.74) is 10.1. The summed E-state index contributed by atoms with van der Waals surface area (Å²) in [5, 5.41) is 9.07. The SMILES string of the molecule is COC(=O)c1cccn(C2CCC(N3CCOCC3)CC2)c1=O.COC(=O)c1cccoc1=O.NC1CCC(N2CCOCC2)CC1.O=C(O)c1cccn(C2CCC(N3CCOCC3)CC2)c1=O.O=C1CCC(B(Cc2ccccc2)Cc2ccccc2)CC1.[CH3-].[Pd].c1ccc(CN(Cc2ccccc2)C2CCC(N3CCOCC3)CC2)cc1. The van der Waals surface area contributed by atoms with Gasteiger partial charge in [0, 0.05) is 159 Å². The Morgan fingerprint density at radius 1 is 0.417 bits per heavy atom. The van der Waals surface area contributed by atoms with Gasteiger partial charge < -0.3 is 60.2 Å². The first-order valence-corrected chi connectivity index (χ1v) is 43.5. The van der Waals surface area contributed by atoms with Gasteiger partial charge in [-0.15, -0.1) is 0 Å². The Kier molecular flexibility index (Phi) is 41.5. The quantitative estimate of drug-likeness (QED) is 0.0433. The Morgan fingerprint density at radius 2 is 0.742 bits per heavy atom. The molecule has 4 saturated heterocycles. The monoisotopic (exact) mass is 1740 g/mol. The number of nitrogens with two attached hydrogens (primary N) is 1. The van der Waals surface area contributed by atoms with Gasteiger partial charge >= 0.3 is 23.5 Å². The summed E-state index contributed by atoms with van der Waals surface area (Å²) >= 11 is 0. The first-order valence-electron chi connectivity index (χ1n) is 43.5. The zero-order valence-corrected chi connectivity index (χ0v) is 72.5. The van der Waals surface area contributed by atoms with Crippen molar-refractivity contribution in [1.82, 2.24) is 33.6 Å². The molecule has 7 heterocycles. The van der Waals surface area contributed by atoms with Gasteiger partial charge in [-0.25, -0.2) is 19.2 Å². The van der Waals surface area contributed by atoms with Gasteiger partial charge in [0.2, 0.25) is 0 Å². The van der Waals surface area contributed by atoms with Crippen LogP contribution < -0.4 is 22.5 Å². The molecule has 4 aromatic carbocycles. The molecule has 3 aromatic heterocycles. The maximum absolute atomic E-state index is 12.5. The Morgan fingerprint density at radius 3 is 1.11 bits per heavy atom. The third kappa shape index (κ3) is 30.0. The molecule has 0 radical (unpaired) electrons. The molecule has 5 aliphatic carbocycles. The zero-order valence-electron chi connectivity index (χ0n) is 71.0. The van der Waals surface area contributed by atoms with Crippen molar-refractivity contribution in [3.63, 3.8) is 0 Å². The zero-order chi connectivity index (χ0) is 82.6. The van der Waals surface area contributed by atoms with Crippen LogP contribution in [0.25, 0.3) is 0 Å². The van der Waals surface area contributed by atoms with Gasteiger partial charge in [-0.3, -0.25) is 38.9 Å². The van der Waals surface area contributed by atoms with Crippen LogP contribution in [-0.2, 0) is 79.4 Å². The number of carbonyl (C=O) groups is 4. The number of ketones is 1. The van der Waals surface area contributed by atoms with E-state index < -0.39 is 23.5 Å². The summed E-state index contributed by atoms with van der Waals surface area (Å²) in [6.07, 6.45) is 29.0. The first-order chi connectivity index (χ1) is 57.7. The number of carboxylic acid groups (broad SMARTS) is 1. The summed E-state index contributed by atoms with van der Waals surface area (Å²) < 4.78 is 38.4. The van der Waals surface area contributed by atoms with Gasteiger partial charge in [0.15, 0.2) is 6.71 Å². The Bertz CT molecular complexity index is 4190. The Balaban J connectivity index is 0.000000167. The van der Waals surface area contributed by atoms with Crippen molar-refractivity contribution in [1.29, 1.82) is 0 Å². The molecule has 0 unspecified atom stereocenters. The fraction of sp³-hybridized carbons (Fsp3) is 0.537. The molecule has 23 nitrogen and oxygen atoms in total. The second kappa shape index (κ2) is 51.9. The molecule has 120 heavy (non-hydrogen) atoms. The van der Waals surface area contributed by atoms with E-state index in [4.69, 9.17) is 29.8 Å². The molecule has 4 aliphatic heterocycles. The average Bonchev–Trinajstić information content (AvgIpc) is 0.811. The van der Waals surface area contributed by atoms with Crippen LogP contribution in [0.2, 0.25) is 5.82 Å². The van der Waals surface area contributed by atoms with Crippen LogP contribution in [-0.4, -0.2) is 225 Å². The summed E-state index contributed by atoms with van der Waals surface area (Å²) in [5.74, 6) is -1.26. The van der Waals surface area contributed by atoms with Crippen molar-refractivity contribution in [3.8, 4) is 0 Å². The minimum Gasteiger partial charge on any atom is -0.477 e. The number of Topliss-reactive ketones (excluding diaryl/α,β-unsaturated/α-hetero) is 1. The third-order valence-electron chi connectivity index (χ3n) is 25.4. The summed E-state index contributed by atoms with van der Waals surface area (Å²) in [6, 6.07) is 56.7. The molecule has 9 aliphatic rings. The van der Waals surface area contributed by atoms with Crippen LogP contribution >= 0.6 is 0 Å². The molecular weight excluding hydrogens is 1610 g/mol. The first kappa shape index (κ1) is 96.0. The molecule has 9 fully saturated rings. The minimum atomic E-state index is -1.15. The van der Waals surface area contributed by atoms with Crippen LogP contribution in [0.15, 0.2) is 195 Å². The molecule has 16 rings (SSSR count). The van der Waals surface area contributed by atoms with Crippen LogP contribution in [0.4, 0.5) is 0 Å². The second-order valence-electron chi connectivity index (χ2n) is 32.8. The number of aromatic nitrogens is 2. The molecule has 0 spiro atoms. The number of aromatic carboxylic acids is 1. The predicted molar refractivity (Wildman–Crippen MR) is 466 cm³/mol. The number of carboxylic acids is 1. The van der Waals surface area contributed by atoms with Gasteiger partial charge in [-0.05, 0) is 163 Å². The smallest absolute Gasteiger partial charge is 0.350 e. The van der Waals surface area contributed by atoms with E-state index in [0.717, 1.165) is 220 Å². The van der Waals surface area contributed by atoms with Crippen molar-refractivity contribution >= 4 is 30.4 Å². The summed E-state index contributed by atoms with van der Waals surface area (Å²) in [4.78, 5) is 93.5. The Hall–Kier alpha value is -7.86. The summed E-state index contributed by atoms with van der Waals surface area (Å²) in [6.45, 7) is 18.1. The molecule has 0 amide bonds. The maximum Gasteiger partial charge on any atom is 0.350 e. The second-order valence-corrected chi connectivity index (χ2v) is 32.8. The van der Waals surface area contributed by atoms with Crippen LogP contribution in [0.1, 0.15) is 194 Å². The number of methoxy groups -OCH3 is 2. The van der Waals surface area contributed by atoms with Crippen LogP contribution in [0, 0.1) is 7.43 Å². The number of hydrogen-bond donors (Lipinski definition) is 2. The average molecular weight is 1740 g/mol. The molecule has 654 valence electrons. The molecule has 3 N–H and O–H groups in total. The van der Waals surface area contributed by atoms with E-state index in [1.54, 1.807) is 33.7 Å². The van der Waals surface area contributed by atoms with E-state index in [1.165, 1.54) is 118 Å². The summed E-state index contributed by atoms with van der Waals surface area (Å²) in [7, 11) is 2.50. The Labute approximate surface area is 724 Å². The molecule has 7 aromatic rings. The number of pyridine rings is 2. The predicted octanol–water partition coefficient (Wildman–Crippen LogP) is 13.2. The van der Waals surface area contributed by atoms with E-state index in [9.17, 15) is 33.6 Å². The minimum absolute atomic E-state index is 0. The third-order valence-corrected chi connectivity index (χ3v) is 25.4. The van der Waals surface area contributed by atoms with Gasteiger partial charge in [0.05, 0.1) is 73.3 Å². The largest absolute Gasteiger partial charge is 0.477 e. The van der Waals surface area contributed by atoms with Crippen molar-refractivity contribution in [2.24, 2.45) is 5.73 Å². The molecule has 0 bridgehead atoms. The number of hydrogen-bond acceptors (Lipinski definition) is 20. The fourth-order valence-electron chi connectivity index (χ4n) is 18.7. The van der Waals surface area contributed by atoms with Gasteiger partial charge in [-0.2, -0.15) is 0 Å². The van der Waals surface area contributed by atoms with Gasteiger partial charge in [-0.1, -0.05) is 151 Å². The molecular formula is C95H130BN8O15Pd-. The molecule has 0 atom stereocenters. The topological polar surface area (TPSA) is 260 Å². The van der Waals surface area contributed by atoms with E-state index in [2.05, 4.69) is 160 Å². The van der Waals surface area contributed by atoms with Crippen molar-refractivity contribution in [2.45, 2.75) is 208 Å². The van der Waals surface area contributed by atoms with Gasteiger partial charge in [0.25, 0.3) is 11.1 Å². The van der Waals surface area contributed by atoms with E-state index in [0.29, 0.717) is 42.5 Å². The number of carbonyl (C=O) groups excluding carboxylic acids is 3. The molecule has 25 heteroatoms. The standard InChI is InChI=1S/C24H32N2O.C20H23BO.C17H24N2O4.C16H22N2O4.C10H20N2O.C7H6O4.CH3.Pd/c1-3-7-21(8-4-1)19-26(20-22-9-5-2-6-10-22)24-13-11-23(12-14-24)25-15-17-27-18-16-25;22-20-13-11-19(12-14-20)21(15-17-7-3-1-4-8-17)16-18-9-5-2-6-10-18;1-22-17(21)15-3-2-8-19(16(15)20)14-6-4-13(5-7-14)18-9-11-23-12-10-18;19-15-14(16(20)21)2-1-7-18(15)13-5-3-12(4-6-13)17-8-10-22-11-9-17;11-9-1-3-10(4-2-9)12-5-7-13-8-6-12;1-10-6(8)5-3-2-4-11-7(5)9;;/h1-10,23-24H,11-20H2;1-10,19H,11-16H2;2-3,8,13-14H,4-7,9-12H2,1H3;1-2,7,12-13H,3-6,8-11H2,(H,20,21);9-10H,1-8,11H2;2-4H,1H3;1H3;/q;;;;;;-1;. The van der Waals surface area contributed by atoms with Crippen LogP contribution in [0.5, 0.6) is 0 Å². The van der Waals surface area contributed by atoms with E-state index in [-0.39, 0.29) is 67.7 Å². The maximum atomic E-state index is 12.5. The van der Waals surface area contributed by atoms with E-state index in [1.807, 2.05) is 0 Å². The number of esters is 2. The van der Waals surface area contributed by atoms with Crippen molar-refractivity contribution in [3.05, 3.63) is 254 Å². The van der Waals surface area contributed by atoms with Crippen LogP contribution in [0.3, 0.4) is 0 Å². The van der Waals surface area contributed by atoms with Crippen molar-refractivity contribution in [2.75, 3.05) is 119 Å². The number of benzene rings is 4. The number of nitrogens with zero attached hydrogens (tertiary/aromatic N) is 7. The normalized spacial score (nSPS) is 23.1. The number of ether oxygens (including phenoxy) is 6. The fourth-order valence-corrected chi connectivity index (χ4v) is 18.7. The number of rotatable bonds is 19. The number of morpholine rings is 4. The van der Waals surface area contributed by atoms with Crippen molar-refractivity contribution < 1.29 is 77.5 Å².